The number of nitrogens with two attached hydrogens (primary N) is 1. The molecule has 1 heterocycles. The molecule has 2 aromatic rings. The van der Waals surface area contributed by atoms with Crippen LogP contribution in [0.25, 0.3) is 11.3 Å². The van der Waals surface area contributed by atoms with Gasteiger partial charge in [-0.2, -0.15) is 0 Å². The summed E-state index contributed by atoms with van der Waals surface area (Å²) in [4.78, 5) is 0. The van der Waals surface area contributed by atoms with Crippen LogP contribution in [-0.4, -0.2) is 11.8 Å². The van der Waals surface area contributed by atoms with Crippen molar-refractivity contribution in [3.8, 4) is 17.0 Å². The average molecular weight is 239 g/mol. The van der Waals surface area contributed by atoms with E-state index in [2.05, 4.69) is 5.16 Å². The van der Waals surface area contributed by atoms with E-state index in [0.29, 0.717) is 23.1 Å². The highest BCUT2D eigenvalue weighted by molar-refractivity contribution is 6.30. The van der Waals surface area contributed by atoms with E-state index in [1.165, 1.54) is 0 Å². The standard InChI is InChI=1S/C11H11ClN2O2/c1-2-15-10-4-3-7(12)5-8(10)9-6-11(13)16-14-9/h3-6H,2,13H2,1H3. The van der Waals surface area contributed by atoms with Gasteiger partial charge in [-0.05, 0) is 25.1 Å². The minimum atomic E-state index is 0.262. The van der Waals surface area contributed by atoms with Gasteiger partial charge in [0, 0.05) is 16.7 Å². The first-order chi connectivity index (χ1) is 7.70. The zero-order chi connectivity index (χ0) is 11.5. The van der Waals surface area contributed by atoms with Crippen molar-refractivity contribution in [3.05, 3.63) is 29.3 Å². The van der Waals surface area contributed by atoms with Gasteiger partial charge in [0.15, 0.2) is 0 Å². The zero-order valence-electron chi connectivity index (χ0n) is 8.74. The maximum absolute atomic E-state index is 5.93. The molecule has 84 valence electrons. The first-order valence-corrected chi connectivity index (χ1v) is 5.23. The van der Waals surface area contributed by atoms with Crippen molar-refractivity contribution in [1.29, 1.82) is 0 Å². The molecule has 0 atom stereocenters. The molecule has 0 saturated carbocycles. The van der Waals surface area contributed by atoms with Gasteiger partial charge in [0.2, 0.25) is 5.88 Å². The Morgan fingerprint density at radius 1 is 1.44 bits per heavy atom. The van der Waals surface area contributed by atoms with E-state index in [0.717, 1.165) is 5.56 Å². The van der Waals surface area contributed by atoms with Crippen LogP contribution < -0.4 is 10.5 Å². The number of halogens is 1. The van der Waals surface area contributed by atoms with Crippen molar-refractivity contribution in [1.82, 2.24) is 5.16 Å². The van der Waals surface area contributed by atoms with Crippen molar-refractivity contribution in [2.45, 2.75) is 6.92 Å². The molecule has 0 spiro atoms. The number of anilines is 1. The van der Waals surface area contributed by atoms with E-state index in [4.69, 9.17) is 26.6 Å². The first-order valence-electron chi connectivity index (χ1n) is 4.85. The van der Waals surface area contributed by atoms with E-state index >= 15 is 0 Å². The molecule has 0 aliphatic rings. The summed E-state index contributed by atoms with van der Waals surface area (Å²) in [7, 11) is 0. The van der Waals surface area contributed by atoms with Crippen molar-refractivity contribution in [2.24, 2.45) is 0 Å². The van der Waals surface area contributed by atoms with Crippen LogP contribution in [0.1, 0.15) is 6.92 Å². The average Bonchev–Trinajstić information content (AvgIpc) is 2.68. The fourth-order valence-corrected chi connectivity index (χ4v) is 1.57. The van der Waals surface area contributed by atoms with Crippen LogP contribution in [-0.2, 0) is 0 Å². The minimum absolute atomic E-state index is 0.262. The lowest BCUT2D eigenvalue weighted by molar-refractivity contribution is 0.341. The summed E-state index contributed by atoms with van der Waals surface area (Å²) in [5.41, 5.74) is 6.86. The van der Waals surface area contributed by atoms with E-state index in [1.807, 2.05) is 6.92 Å². The van der Waals surface area contributed by atoms with Crippen LogP contribution in [0.3, 0.4) is 0 Å². The molecule has 4 nitrogen and oxygen atoms in total. The molecular formula is C11H11ClN2O2. The summed E-state index contributed by atoms with van der Waals surface area (Å²) in [6.45, 7) is 2.48. The minimum Gasteiger partial charge on any atom is -0.493 e. The zero-order valence-corrected chi connectivity index (χ0v) is 9.49. The maximum atomic E-state index is 5.93. The maximum Gasteiger partial charge on any atom is 0.222 e. The van der Waals surface area contributed by atoms with Crippen LogP contribution in [0.5, 0.6) is 5.75 Å². The van der Waals surface area contributed by atoms with Crippen LogP contribution in [0.2, 0.25) is 5.02 Å². The summed E-state index contributed by atoms with van der Waals surface area (Å²) in [5.74, 6) is 0.970. The van der Waals surface area contributed by atoms with E-state index in [-0.39, 0.29) is 5.88 Å². The Labute approximate surface area is 97.9 Å². The first kappa shape index (κ1) is 10.8. The Morgan fingerprint density at radius 3 is 2.88 bits per heavy atom. The molecule has 2 rings (SSSR count). The second-order valence-electron chi connectivity index (χ2n) is 3.19. The Balaban J connectivity index is 2.48. The van der Waals surface area contributed by atoms with E-state index in [1.54, 1.807) is 24.3 Å². The second-order valence-corrected chi connectivity index (χ2v) is 3.62. The lowest BCUT2D eigenvalue weighted by atomic mass is 10.1. The van der Waals surface area contributed by atoms with Crippen molar-refractivity contribution < 1.29 is 9.26 Å². The molecule has 5 heteroatoms. The van der Waals surface area contributed by atoms with Crippen LogP contribution in [0.15, 0.2) is 28.8 Å². The summed E-state index contributed by atoms with van der Waals surface area (Å²) in [6.07, 6.45) is 0. The monoisotopic (exact) mass is 238 g/mol. The molecule has 0 amide bonds. The van der Waals surface area contributed by atoms with Gasteiger partial charge in [0.05, 0.1) is 6.61 Å². The second kappa shape index (κ2) is 4.45. The Morgan fingerprint density at radius 2 is 2.25 bits per heavy atom. The molecule has 0 fully saturated rings. The van der Waals surface area contributed by atoms with Crippen molar-refractivity contribution in [3.63, 3.8) is 0 Å². The van der Waals surface area contributed by atoms with Crippen LogP contribution >= 0.6 is 11.6 Å². The highest BCUT2D eigenvalue weighted by atomic mass is 35.5. The predicted molar refractivity (Wildman–Crippen MR) is 62.5 cm³/mol. The summed E-state index contributed by atoms with van der Waals surface area (Å²) >= 11 is 5.93. The van der Waals surface area contributed by atoms with Gasteiger partial charge in [-0.15, -0.1) is 0 Å². The molecule has 2 N–H and O–H groups in total. The van der Waals surface area contributed by atoms with Gasteiger partial charge in [-0.3, -0.25) is 0 Å². The third-order valence-electron chi connectivity index (χ3n) is 2.05. The number of nitrogens with zero attached hydrogens (tertiary/aromatic N) is 1. The largest absolute Gasteiger partial charge is 0.493 e. The fourth-order valence-electron chi connectivity index (χ4n) is 1.40. The fraction of sp³-hybridized carbons (Fsp3) is 0.182. The number of rotatable bonds is 3. The molecule has 0 aliphatic carbocycles. The Hall–Kier alpha value is -1.68. The highest BCUT2D eigenvalue weighted by Crippen LogP contribution is 2.32. The third-order valence-corrected chi connectivity index (χ3v) is 2.28. The predicted octanol–water partition coefficient (Wildman–Crippen LogP) is 2.98. The highest BCUT2D eigenvalue weighted by Gasteiger charge is 2.11. The van der Waals surface area contributed by atoms with Gasteiger partial charge in [-0.1, -0.05) is 16.8 Å². The number of nitrogen functional groups attached to an aromatic ring is 1. The van der Waals surface area contributed by atoms with Crippen molar-refractivity contribution >= 4 is 17.5 Å². The molecule has 1 aromatic heterocycles. The summed E-state index contributed by atoms with van der Waals surface area (Å²) < 4.78 is 10.3. The van der Waals surface area contributed by atoms with Gasteiger partial charge in [0.1, 0.15) is 11.4 Å². The molecule has 0 bridgehead atoms. The Kier molecular flexibility index (Phi) is 3.01. The van der Waals surface area contributed by atoms with E-state index in [9.17, 15) is 0 Å². The normalized spacial score (nSPS) is 10.4. The molecule has 0 unspecified atom stereocenters. The SMILES string of the molecule is CCOc1ccc(Cl)cc1-c1cc(N)on1. The quantitative estimate of drug-likeness (QED) is 0.893. The molecule has 1 aromatic carbocycles. The lowest BCUT2D eigenvalue weighted by Crippen LogP contribution is -1.94. The Bertz CT molecular complexity index is 496. The lowest BCUT2D eigenvalue weighted by Gasteiger charge is -2.07. The molecule has 0 aliphatic heterocycles. The van der Waals surface area contributed by atoms with Gasteiger partial charge < -0.3 is 15.0 Å². The van der Waals surface area contributed by atoms with Crippen LogP contribution in [0.4, 0.5) is 5.88 Å². The number of hydrogen-bond acceptors (Lipinski definition) is 4. The smallest absolute Gasteiger partial charge is 0.222 e. The number of benzene rings is 1. The number of hydrogen-bond donors (Lipinski definition) is 1. The van der Waals surface area contributed by atoms with E-state index < -0.39 is 0 Å². The molecular weight excluding hydrogens is 228 g/mol. The molecule has 0 saturated heterocycles. The topological polar surface area (TPSA) is 61.3 Å². The van der Waals surface area contributed by atoms with Gasteiger partial charge >= 0.3 is 0 Å². The third kappa shape index (κ3) is 2.12. The summed E-state index contributed by atoms with van der Waals surface area (Å²) in [5, 5.41) is 4.44. The summed E-state index contributed by atoms with van der Waals surface area (Å²) in [6, 6.07) is 6.96. The number of ether oxygens (including phenoxy) is 1. The molecule has 0 radical (unpaired) electrons. The van der Waals surface area contributed by atoms with Crippen molar-refractivity contribution in [2.75, 3.05) is 12.3 Å². The van der Waals surface area contributed by atoms with Crippen LogP contribution in [0, 0.1) is 0 Å². The van der Waals surface area contributed by atoms with Gasteiger partial charge in [-0.25, -0.2) is 0 Å². The molecule has 16 heavy (non-hydrogen) atoms. The van der Waals surface area contributed by atoms with Gasteiger partial charge in [0.25, 0.3) is 0 Å². The number of aromatic nitrogens is 1.